The van der Waals surface area contributed by atoms with E-state index in [1.54, 1.807) is 0 Å². The average Bonchev–Trinajstić information content (AvgIpc) is 3.96. The summed E-state index contributed by atoms with van der Waals surface area (Å²) in [5.41, 5.74) is 11.3. The van der Waals surface area contributed by atoms with E-state index >= 15 is 0 Å². The first-order valence-electron chi connectivity index (χ1n) is 19.0. The third-order valence-electron chi connectivity index (χ3n) is 11.0. The van der Waals surface area contributed by atoms with Crippen molar-refractivity contribution in [1.29, 1.82) is 0 Å². The molecule has 0 spiro atoms. The van der Waals surface area contributed by atoms with E-state index < -0.39 is 0 Å². The molecule has 8 aromatic carbocycles. The summed E-state index contributed by atoms with van der Waals surface area (Å²) < 4.78 is 15.7. The average molecular weight is 731 g/mol. The molecule has 4 aromatic heterocycles. The molecule has 0 saturated carbocycles. The molecule has 4 heterocycles. The summed E-state index contributed by atoms with van der Waals surface area (Å²) in [7, 11) is 0. The second-order valence-electron chi connectivity index (χ2n) is 14.3. The fraction of sp³-hybridized carbons (Fsp3) is 0. The summed E-state index contributed by atoms with van der Waals surface area (Å²) in [6.07, 6.45) is 0. The summed E-state index contributed by atoms with van der Waals surface area (Å²) in [5.74, 6) is 1.78. The number of furan rings is 2. The molecule has 0 bridgehead atoms. The Kier molecular flexibility index (Phi) is 6.83. The summed E-state index contributed by atoms with van der Waals surface area (Å²) >= 11 is 0. The van der Waals surface area contributed by atoms with Crippen LogP contribution in [0.15, 0.2) is 191 Å². The van der Waals surface area contributed by atoms with Gasteiger partial charge in [0, 0.05) is 43.6 Å². The van der Waals surface area contributed by atoms with Crippen molar-refractivity contribution >= 4 is 65.7 Å². The molecule has 0 N–H and O–H groups in total. The van der Waals surface area contributed by atoms with E-state index in [4.69, 9.17) is 23.8 Å². The van der Waals surface area contributed by atoms with Crippen LogP contribution in [-0.4, -0.2) is 19.5 Å². The Hall–Kier alpha value is -7.83. The van der Waals surface area contributed by atoms with Crippen LogP contribution in [0.4, 0.5) is 0 Å². The summed E-state index contributed by atoms with van der Waals surface area (Å²) in [5, 5.41) is 6.41. The number of nitrogens with zero attached hydrogens (tertiary/aromatic N) is 4. The van der Waals surface area contributed by atoms with Crippen molar-refractivity contribution in [2.75, 3.05) is 0 Å². The first-order chi connectivity index (χ1) is 28.3. The zero-order valence-electron chi connectivity index (χ0n) is 30.4. The van der Waals surface area contributed by atoms with Crippen LogP contribution in [0.1, 0.15) is 0 Å². The van der Waals surface area contributed by atoms with Crippen molar-refractivity contribution in [2.24, 2.45) is 0 Å². The second-order valence-corrected chi connectivity index (χ2v) is 14.3. The maximum absolute atomic E-state index is 6.89. The Morgan fingerprint density at radius 3 is 1.65 bits per heavy atom. The van der Waals surface area contributed by atoms with Gasteiger partial charge in [0.25, 0.3) is 0 Å². The number of para-hydroxylation sites is 2. The molecule has 12 rings (SSSR count). The molecule has 0 aliphatic heterocycles. The number of fused-ring (bicyclic) bond motifs is 10. The summed E-state index contributed by atoms with van der Waals surface area (Å²) in [6.45, 7) is 0. The van der Waals surface area contributed by atoms with Crippen molar-refractivity contribution < 1.29 is 8.83 Å². The maximum Gasteiger partial charge on any atom is 0.164 e. The lowest BCUT2D eigenvalue weighted by Crippen LogP contribution is -2.00. The largest absolute Gasteiger partial charge is 0.456 e. The predicted molar refractivity (Wildman–Crippen MR) is 230 cm³/mol. The predicted octanol–water partition coefficient (Wildman–Crippen LogP) is 13.4. The van der Waals surface area contributed by atoms with Crippen molar-refractivity contribution in [3.63, 3.8) is 0 Å². The van der Waals surface area contributed by atoms with E-state index in [0.717, 1.165) is 99.2 Å². The topological polar surface area (TPSA) is 69.9 Å². The van der Waals surface area contributed by atoms with Crippen LogP contribution in [0.2, 0.25) is 0 Å². The summed E-state index contributed by atoms with van der Waals surface area (Å²) in [4.78, 5) is 15.3. The molecular weight excluding hydrogens is 701 g/mol. The molecular formula is C51H30N4O2. The van der Waals surface area contributed by atoms with Gasteiger partial charge in [-0.05, 0) is 53.6 Å². The molecule has 0 atom stereocenters. The van der Waals surface area contributed by atoms with Crippen LogP contribution >= 0.6 is 0 Å². The number of benzene rings is 8. The molecule has 266 valence electrons. The zero-order valence-corrected chi connectivity index (χ0v) is 30.4. The number of rotatable bonds is 5. The number of hydrogen-bond donors (Lipinski definition) is 0. The minimum Gasteiger partial charge on any atom is -0.456 e. The Bertz CT molecular complexity index is 3450. The van der Waals surface area contributed by atoms with Gasteiger partial charge in [0.05, 0.1) is 22.1 Å². The van der Waals surface area contributed by atoms with Crippen LogP contribution < -0.4 is 0 Å². The Morgan fingerprint density at radius 1 is 0.333 bits per heavy atom. The highest BCUT2D eigenvalue weighted by Crippen LogP contribution is 2.46. The lowest BCUT2D eigenvalue weighted by molar-refractivity contribution is 0.668. The van der Waals surface area contributed by atoms with Crippen LogP contribution in [0.3, 0.4) is 0 Å². The van der Waals surface area contributed by atoms with Gasteiger partial charge in [0.15, 0.2) is 17.5 Å². The standard InChI is InChI=1S/C51H30N4O2/c1-4-15-31(16-5-1)34-29-40(55-38-24-12-10-21-35(38)45-39(55)27-28-43-46(45)36-22-11-13-25-41(36)56-43)48-44(30-34)57-42-26-14-23-37(47(42)48)51-53-49(32-17-6-2-7-18-32)52-50(54-51)33-19-8-3-9-20-33/h1-30H. The van der Waals surface area contributed by atoms with Gasteiger partial charge in [-0.3, -0.25) is 0 Å². The molecule has 57 heavy (non-hydrogen) atoms. The molecule has 0 saturated heterocycles. The van der Waals surface area contributed by atoms with Gasteiger partial charge in [-0.15, -0.1) is 0 Å². The van der Waals surface area contributed by atoms with Gasteiger partial charge >= 0.3 is 0 Å². The van der Waals surface area contributed by atoms with E-state index in [0.29, 0.717) is 17.5 Å². The first kappa shape index (κ1) is 31.5. The van der Waals surface area contributed by atoms with Crippen LogP contribution in [0.5, 0.6) is 0 Å². The highest BCUT2D eigenvalue weighted by Gasteiger charge is 2.25. The molecule has 0 radical (unpaired) electrons. The van der Waals surface area contributed by atoms with E-state index in [1.165, 1.54) is 0 Å². The van der Waals surface area contributed by atoms with Crippen molar-refractivity contribution in [2.45, 2.75) is 0 Å². The number of aromatic nitrogens is 4. The monoisotopic (exact) mass is 730 g/mol. The van der Waals surface area contributed by atoms with E-state index in [1.807, 2.05) is 91.0 Å². The molecule has 12 aromatic rings. The SMILES string of the molecule is c1ccc(-c2cc(-n3c4ccccc4c4c5c(ccc43)oc3ccccc35)c3c(c2)oc2cccc(-c4nc(-c5ccccc5)nc(-c5ccccc5)n4)c23)cc1. The Morgan fingerprint density at radius 2 is 0.912 bits per heavy atom. The van der Waals surface area contributed by atoms with Crippen molar-refractivity contribution in [3.8, 4) is 51.0 Å². The first-order valence-corrected chi connectivity index (χ1v) is 19.0. The van der Waals surface area contributed by atoms with Crippen molar-refractivity contribution in [1.82, 2.24) is 19.5 Å². The van der Waals surface area contributed by atoms with E-state index in [2.05, 4.69) is 95.6 Å². The second kappa shape index (κ2) is 12.3. The molecule has 0 unspecified atom stereocenters. The van der Waals surface area contributed by atoms with Crippen LogP contribution in [0, 0.1) is 0 Å². The third-order valence-corrected chi connectivity index (χ3v) is 11.0. The summed E-state index contributed by atoms with van der Waals surface area (Å²) in [6, 6.07) is 62.5. The highest BCUT2D eigenvalue weighted by atomic mass is 16.3. The molecule has 0 aliphatic carbocycles. The lowest BCUT2D eigenvalue weighted by Gasteiger charge is -2.14. The molecule has 6 nitrogen and oxygen atoms in total. The smallest absolute Gasteiger partial charge is 0.164 e. The third kappa shape index (κ3) is 4.87. The fourth-order valence-corrected chi connectivity index (χ4v) is 8.55. The molecule has 0 fully saturated rings. The fourth-order valence-electron chi connectivity index (χ4n) is 8.55. The van der Waals surface area contributed by atoms with Gasteiger partial charge in [-0.2, -0.15) is 0 Å². The van der Waals surface area contributed by atoms with E-state index in [-0.39, 0.29) is 0 Å². The maximum atomic E-state index is 6.89. The van der Waals surface area contributed by atoms with Crippen LogP contribution in [-0.2, 0) is 0 Å². The quantitative estimate of drug-likeness (QED) is 0.176. The number of hydrogen-bond acceptors (Lipinski definition) is 5. The van der Waals surface area contributed by atoms with Gasteiger partial charge in [0.1, 0.15) is 22.3 Å². The minimum absolute atomic E-state index is 0.572. The molecule has 6 heteroatoms. The lowest BCUT2D eigenvalue weighted by atomic mass is 9.99. The normalized spacial score (nSPS) is 11.9. The van der Waals surface area contributed by atoms with Gasteiger partial charge in [-0.1, -0.05) is 140 Å². The Labute approximate surface area is 325 Å². The van der Waals surface area contributed by atoms with Gasteiger partial charge in [-0.25, -0.2) is 15.0 Å². The highest BCUT2D eigenvalue weighted by molar-refractivity contribution is 6.28. The Balaban J connectivity index is 1.22. The molecule has 0 aliphatic rings. The van der Waals surface area contributed by atoms with Gasteiger partial charge in [0.2, 0.25) is 0 Å². The minimum atomic E-state index is 0.572. The van der Waals surface area contributed by atoms with Gasteiger partial charge < -0.3 is 13.4 Å². The van der Waals surface area contributed by atoms with E-state index in [9.17, 15) is 0 Å². The van der Waals surface area contributed by atoms with Crippen molar-refractivity contribution in [3.05, 3.63) is 182 Å². The van der Waals surface area contributed by atoms with Crippen LogP contribution in [0.25, 0.3) is 117 Å². The molecule has 0 amide bonds. The zero-order chi connectivity index (χ0) is 37.5.